The van der Waals surface area contributed by atoms with Gasteiger partial charge in [-0.25, -0.2) is 0 Å². The van der Waals surface area contributed by atoms with Gasteiger partial charge in [0.2, 0.25) is 5.91 Å². The van der Waals surface area contributed by atoms with Gasteiger partial charge < -0.3 is 14.4 Å². The van der Waals surface area contributed by atoms with Crippen LogP contribution in [0.4, 0.5) is 0 Å². The quantitative estimate of drug-likeness (QED) is 0.707. The summed E-state index contributed by atoms with van der Waals surface area (Å²) < 4.78 is 10.2. The van der Waals surface area contributed by atoms with Crippen LogP contribution < -0.4 is 0 Å². The van der Waals surface area contributed by atoms with Crippen LogP contribution in [0.15, 0.2) is 0 Å². The highest BCUT2D eigenvalue weighted by Crippen LogP contribution is 2.33. The van der Waals surface area contributed by atoms with E-state index in [1.165, 1.54) is 7.11 Å². The Labute approximate surface area is 108 Å². The molecular formula is C13H23NO4. The molecule has 0 aromatic heterocycles. The molecule has 1 fully saturated rings. The van der Waals surface area contributed by atoms with E-state index in [0.717, 1.165) is 0 Å². The van der Waals surface area contributed by atoms with E-state index in [2.05, 4.69) is 4.74 Å². The van der Waals surface area contributed by atoms with Crippen LogP contribution in [0.5, 0.6) is 0 Å². The lowest BCUT2D eigenvalue weighted by atomic mass is 9.88. The number of ether oxygens (including phenoxy) is 2. The largest absolute Gasteiger partial charge is 0.469 e. The first-order valence-corrected chi connectivity index (χ1v) is 6.35. The molecule has 5 heteroatoms. The summed E-state index contributed by atoms with van der Waals surface area (Å²) in [6.45, 7) is 6.33. The van der Waals surface area contributed by atoms with Crippen molar-refractivity contribution in [3.05, 3.63) is 0 Å². The topological polar surface area (TPSA) is 55.8 Å². The highest BCUT2D eigenvalue weighted by atomic mass is 16.5. The van der Waals surface area contributed by atoms with Crippen LogP contribution >= 0.6 is 0 Å². The molecule has 0 aromatic carbocycles. The molecule has 1 saturated heterocycles. The minimum absolute atomic E-state index is 0.0447. The Kier molecular flexibility index (Phi) is 5.14. The number of methoxy groups -OCH3 is 1. The summed E-state index contributed by atoms with van der Waals surface area (Å²) in [5.41, 5.74) is 0. The standard InChI is InChI=1S/C13H23NO4/c1-8-9(2)18-10(3)12(8)13(16)14(4)7-6-11(15)17-5/h8-10,12H,6-7H2,1-5H3. The Morgan fingerprint density at radius 2 is 1.83 bits per heavy atom. The molecule has 5 nitrogen and oxygen atoms in total. The van der Waals surface area contributed by atoms with Crippen molar-refractivity contribution in [2.75, 3.05) is 20.7 Å². The Bertz CT molecular complexity index is 318. The number of rotatable bonds is 4. The molecule has 1 rings (SSSR count). The van der Waals surface area contributed by atoms with Gasteiger partial charge >= 0.3 is 5.97 Å². The van der Waals surface area contributed by atoms with Crippen molar-refractivity contribution < 1.29 is 19.1 Å². The maximum absolute atomic E-state index is 12.3. The molecule has 104 valence electrons. The van der Waals surface area contributed by atoms with E-state index < -0.39 is 0 Å². The Morgan fingerprint density at radius 1 is 1.22 bits per heavy atom. The van der Waals surface area contributed by atoms with Gasteiger partial charge in [0.15, 0.2) is 0 Å². The predicted octanol–water partition coefficient (Wildman–Crippen LogP) is 1.07. The minimum Gasteiger partial charge on any atom is -0.469 e. The van der Waals surface area contributed by atoms with Crippen LogP contribution in [0.3, 0.4) is 0 Å². The molecule has 1 aliphatic heterocycles. The van der Waals surface area contributed by atoms with Gasteiger partial charge in [0.25, 0.3) is 0 Å². The van der Waals surface area contributed by atoms with Gasteiger partial charge in [-0.3, -0.25) is 9.59 Å². The lowest BCUT2D eigenvalue weighted by Gasteiger charge is -2.24. The van der Waals surface area contributed by atoms with Crippen LogP contribution in [-0.2, 0) is 19.1 Å². The zero-order valence-corrected chi connectivity index (χ0v) is 11.8. The number of hydrogen-bond acceptors (Lipinski definition) is 4. The fraction of sp³-hybridized carbons (Fsp3) is 0.846. The molecule has 4 unspecified atom stereocenters. The third-order valence-corrected chi connectivity index (χ3v) is 3.78. The summed E-state index contributed by atoms with van der Waals surface area (Å²) in [5, 5.41) is 0. The van der Waals surface area contributed by atoms with E-state index in [4.69, 9.17) is 4.74 Å². The van der Waals surface area contributed by atoms with Crippen LogP contribution in [0.25, 0.3) is 0 Å². The summed E-state index contributed by atoms with van der Waals surface area (Å²) in [7, 11) is 3.06. The highest BCUT2D eigenvalue weighted by Gasteiger charge is 2.42. The summed E-state index contributed by atoms with van der Waals surface area (Å²) >= 11 is 0. The normalized spacial score (nSPS) is 31.2. The van der Waals surface area contributed by atoms with Crippen molar-refractivity contribution in [2.45, 2.75) is 39.4 Å². The molecule has 0 N–H and O–H groups in total. The summed E-state index contributed by atoms with van der Waals surface area (Å²) in [4.78, 5) is 25.0. The summed E-state index contributed by atoms with van der Waals surface area (Å²) in [6, 6.07) is 0. The van der Waals surface area contributed by atoms with Crippen LogP contribution in [0.1, 0.15) is 27.2 Å². The maximum atomic E-state index is 12.3. The number of hydrogen-bond donors (Lipinski definition) is 0. The smallest absolute Gasteiger partial charge is 0.307 e. The lowest BCUT2D eigenvalue weighted by molar-refractivity contribution is -0.142. The first kappa shape index (κ1) is 15.0. The van der Waals surface area contributed by atoms with Gasteiger partial charge in [0.1, 0.15) is 0 Å². The molecule has 1 amide bonds. The van der Waals surface area contributed by atoms with Crippen LogP contribution in [0, 0.1) is 11.8 Å². The molecule has 0 spiro atoms. The van der Waals surface area contributed by atoms with Crippen LogP contribution in [0.2, 0.25) is 0 Å². The molecule has 0 bridgehead atoms. The maximum Gasteiger partial charge on any atom is 0.307 e. The second-order valence-electron chi connectivity index (χ2n) is 5.02. The number of amides is 1. The Morgan fingerprint density at radius 3 is 2.28 bits per heavy atom. The molecule has 0 saturated carbocycles. The molecule has 1 heterocycles. The third-order valence-electron chi connectivity index (χ3n) is 3.78. The van der Waals surface area contributed by atoms with Gasteiger partial charge in [-0.15, -0.1) is 0 Å². The number of carbonyl (C=O) groups is 2. The second kappa shape index (κ2) is 6.18. The molecule has 0 aliphatic carbocycles. The zero-order chi connectivity index (χ0) is 13.9. The van der Waals surface area contributed by atoms with Crippen molar-refractivity contribution in [3.8, 4) is 0 Å². The molecule has 4 atom stereocenters. The predicted molar refractivity (Wildman–Crippen MR) is 66.9 cm³/mol. The monoisotopic (exact) mass is 257 g/mol. The molecular weight excluding hydrogens is 234 g/mol. The van der Waals surface area contributed by atoms with Crippen molar-refractivity contribution in [1.29, 1.82) is 0 Å². The van der Waals surface area contributed by atoms with Gasteiger partial charge in [-0.2, -0.15) is 0 Å². The first-order chi connectivity index (χ1) is 8.38. The van der Waals surface area contributed by atoms with E-state index in [1.807, 2.05) is 20.8 Å². The first-order valence-electron chi connectivity index (χ1n) is 6.35. The van der Waals surface area contributed by atoms with E-state index >= 15 is 0 Å². The summed E-state index contributed by atoms with van der Waals surface area (Å²) in [6.07, 6.45) is 0.260. The number of nitrogens with zero attached hydrogens (tertiary/aromatic N) is 1. The van der Waals surface area contributed by atoms with E-state index in [1.54, 1.807) is 11.9 Å². The van der Waals surface area contributed by atoms with Gasteiger partial charge in [-0.05, 0) is 19.8 Å². The fourth-order valence-corrected chi connectivity index (χ4v) is 2.42. The van der Waals surface area contributed by atoms with Gasteiger partial charge in [0, 0.05) is 13.6 Å². The van der Waals surface area contributed by atoms with Crippen molar-refractivity contribution in [3.63, 3.8) is 0 Å². The van der Waals surface area contributed by atoms with E-state index in [0.29, 0.717) is 6.54 Å². The van der Waals surface area contributed by atoms with Gasteiger partial charge in [0.05, 0.1) is 31.7 Å². The molecule has 0 radical (unpaired) electrons. The lowest BCUT2D eigenvalue weighted by Crippen LogP contribution is -2.39. The Balaban J connectivity index is 2.55. The van der Waals surface area contributed by atoms with Gasteiger partial charge in [-0.1, -0.05) is 6.92 Å². The van der Waals surface area contributed by atoms with Crippen molar-refractivity contribution >= 4 is 11.9 Å². The Hall–Kier alpha value is -1.10. The SMILES string of the molecule is COC(=O)CCN(C)C(=O)C1C(C)OC(C)C1C. The third kappa shape index (κ3) is 3.22. The van der Waals surface area contributed by atoms with Crippen molar-refractivity contribution in [2.24, 2.45) is 11.8 Å². The zero-order valence-electron chi connectivity index (χ0n) is 11.8. The van der Waals surface area contributed by atoms with Crippen molar-refractivity contribution in [1.82, 2.24) is 4.90 Å². The molecule has 1 aliphatic rings. The fourth-order valence-electron chi connectivity index (χ4n) is 2.42. The average molecular weight is 257 g/mol. The van der Waals surface area contributed by atoms with E-state index in [-0.39, 0.29) is 42.3 Å². The second-order valence-corrected chi connectivity index (χ2v) is 5.02. The van der Waals surface area contributed by atoms with Crippen LogP contribution in [-0.4, -0.2) is 49.7 Å². The molecule has 0 aromatic rings. The van der Waals surface area contributed by atoms with E-state index in [9.17, 15) is 9.59 Å². The number of esters is 1. The highest BCUT2D eigenvalue weighted by molar-refractivity contribution is 5.80. The summed E-state index contributed by atoms with van der Waals surface area (Å²) in [5.74, 6) is -0.175. The number of carbonyl (C=O) groups excluding carboxylic acids is 2. The average Bonchev–Trinajstić information content (AvgIpc) is 2.59. The molecule has 18 heavy (non-hydrogen) atoms. The minimum atomic E-state index is -0.299.